The van der Waals surface area contributed by atoms with Crippen LogP contribution in [0.1, 0.15) is 162 Å². The van der Waals surface area contributed by atoms with Crippen molar-refractivity contribution in [2.24, 2.45) is 46.4 Å². The van der Waals surface area contributed by atoms with Crippen LogP contribution in [0.3, 0.4) is 0 Å². The summed E-state index contributed by atoms with van der Waals surface area (Å²) in [4.78, 5) is 163. The molecule has 10 amide bonds. The van der Waals surface area contributed by atoms with Gasteiger partial charge in [0.1, 0.15) is 54.4 Å². The molecule has 1 aliphatic rings. The molecule has 1 aromatic carbocycles. The van der Waals surface area contributed by atoms with Gasteiger partial charge in [0.2, 0.25) is 59.1 Å². The van der Waals surface area contributed by atoms with Gasteiger partial charge in [-0.1, -0.05) is 139 Å². The van der Waals surface area contributed by atoms with E-state index in [4.69, 9.17) is 4.99 Å². The van der Waals surface area contributed by atoms with Crippen LogP contribution in [0.25, 0.3) is 0 Å². The Kier molecular flexibility index (Phi) is 33.9. The molecule has 1 aromatic rings. The van der Waals surface area contributed by atoms with Gasteiger partial charge in [-0.25, -0.2) is 0 Å². The maximum absolute atomic E-state index is 15.3. The molecule has 0 saturated carbocycles. The largest absolute Gasteiger partial charge is 0.390 e. The Morgan fingerprint density at radius 2 is 1.00 bits per heavy atom. The Morgan fingerprint density at radius 1 is 0.533 bits per heavy atom. The normalized spacial score (nSPS) is 25.7. The molecular weight excluding hydrogens is 1190 g/mol. The van der Waals surface area contributed by atoms with Gasteiger partial charge in [-0.15, -0.1) is 11.8 Å². The average Bonchev–Trinajstić information content (AvgIpc) is 0.837. The second-order valence-corrected chi connectivity index (χ2v) is 28.8. The first-order valence-corrected chi connectivity index (χ1v) is 34.0. The van der Waals surface area contributed by atoms with Gasteiger partial charge < -0.3 is 55.4 Å². The van der Waals surface area contributed by atoms with Gasteiger partial charge in [0.25, 0.3) is 0 Å². The molecule has 0 aliphatic carbocycles. The van der Waals surface area contributed by atoms with Crippen LogP contribution in [-0.4, -0.2) is 226 Å². The van der Waals surface area contributed by atoms with Crippen LogP contribution in [0.15, 0.2) is 47.5 Å². The number of likely N-dealkylation sites (N-methyl/N-ethyl adjacent to an activating group) is 7. The Balaban J connectivity index is 3.10. The topological polar surface area (TPSA) is 262 Å². The molecule has 0 aromatic heterocycles. The third-order valence-corrected chi connectivity index (χ3v) is 18.4. The first-order chi connectivity index (χ1) is 42.8. The van der Waals surface area contributed by atoms with E-state index in [9.17, 15) is 33.9 Å². The Hall–Kier alpha value is -6.36. The van der Waals surface area contributed by atoms with Crippen molar-refractivity contribution in [3.05, 3.63) is 48.0 Å². The highest BCUT2D eigenvalue weighted by atomic mass is 32.2. The summed E-state index contributed by atoms with van der Waals surface area (Å²) < 4.78 is 0. The van der Waals surface area contributed by atoms with Crippen molar-refractivity contribution in [2.75, 3.05) is 55.9 Å². The SMILES string of the molecule is C/C=C/C[C@@H](C)[C@@H](O)[C@H]1C(=O)N[C@@H](CC)C(=O)N(C)CC(=O)N(C)[C@@H](CC(C)C)C(SCc2ccccc2)=N[C@@H](C(C)C)C(=O)N(C)[C@@H](CC(C)C)C(=O)N[C@@H](C)C(=O)N[C@H](C)C(=O)N(C)[C@@H](CC(C)C)C(=O)N(C)[C@@H](CC(C)C)C(=O)N(C)[C@@H](C(C)C)C(=O)N1C. The average molecular weight is 1310 g/mol. The van der Waals surface area contributed by atoms with Gasteiger partial charge >= 0.3 is 0 Å². The summed E-state index contributed by atoms with van der Waals surface area (Å²) in [6.07, 6.45) is 3.45. The van der Waals surface area contributed by atoms with Gasteiger partial charge in [0.05, 0.1) is 23.7 Å². The molecule has 520 valence electrons. The molecular formula is C69H117N11O11S. The summed E-state index contributed by atoms with van der Waals surface area (Å²) in [6, 6.07) is -1.96. The molecule has 1 heterocycles. The van der Waals surface area contributed by atoms with E-state index < -0.39 is 150 Å². The lowest BCUT2D eigenvalue weighted by Crippen LogP contribution is -2.63. The monoisotopic (exact) mass is 1310 g/mol. The van der Waals surface area contributed by atoms with Crippen LogP contribution < -0.4 is 16.0 Å². The fourth-order valence-corrected chi connectivity index (χ4v) is 12.6. The van der Waals surface area contributed by atoms with Crippen molar-refractivity contribution >= 4 is 75.9 Å². The molecule has 0 spiro atoms. The maximum Gasteiger partial charge on any atom is 0.248 e. The molecule has 4 N–H and O–H groups in total. The molecule has 2 rings (SSSR count). The van der Waals surface area contributed by atoms with E-state index in [1.807, 2.05) is 113 Å². The summed E-state index contributed by atoms with van der Waals surface area (Å²) in [7, 11) is 10.4. The van der Waals surface area contributed by atoms with E-state index in [2.05, 4.69) is 16.0 Å². The maximum atomic E-state index is 15.3. The van der Waals surface area contributed by atoms with Crippen LogP contribution in [0.5, 0.6) is 0 Å². The zero-order valence-corrected chi connectivity index (χ0v) is 60.9. The molecule has 1 aliphatic heterocycles. The zero-order chi connectivity index (χ0) is 70.5. The number of aliphatic hydroxyl groups excluding tert-OH is 1. The molecule has 0 unspecified atom stereocenters. The van der Waals surface area contributed by atoms with Crippen molar-refractivity contribution < 1.29 is 53.1 Å². The number of thioether (sulfide) groups is 1. The Labute approximate surface area is 555 Å². The molecule has 23 heteroatoms. The van der Waals surface area contributed by atoms with Crippen LogP contribution in [0.2, 0.25) is 0 Å². The number of nitrogens with zero attached hydrogens (tertiary/aromatic N) is 8. The summed E-state index contributed by atoms with van der Waals surface area (Å²) in [5, 5.41) is 21.0. The minimum absolute atomic E-state index is 0.00508. The van der Waals surface area contributed by atoms with Gasteiger partial charge in [-0.3, -0.25) is 52.9 Å². The number of nitrogens with one attached hydrogen (secondary N) is 3. The highest BCUT2D eigenvalue weighted by Gasteiger charge is 2.45. The number of hydrogen-bond donors (Lipinski definition) is 4. The summed E-state index contributed by atoms with van der Waals surface area (Å²) in [5.41, 5.74) is 0.959. The van der Waals surface area contributed by atoms with E-state index in [-0.39, 0.29) is 49.4 Å². The quantitative estimate of drug-likeness (QED) is 0.122. The van der Waals surface area contributed by atoms with Gasteiger partial charge in [0, 0.05) is 55.1 Å². The first-order valence-electron chi connectivity index (χ1n) is 33.1. The number of hydrogen-bond acceptors (Lipinski definition) is 13. The third kappa shape index (κ3) is 23.3. The van der Waals surface area contributed by atoms with Gasteiger partial charge in [0.15, 0.2) is 0 Å². The fraction of sp³-hybridized carbons (Fsp3) is 0.725. The Bertz CT molecular complexity index is 2690. The molecule has 22 nitrogen and oxygen atoms in total. The van der Waals surface area contributed by atoms with Crippen LogP contribution in [-0.2, 0) is 53.7 Å². The van der Waals surface area contributed by atoms with E-state index in [0.29, 0.717) is 23.6 Å². The number of amides is 10. The molecule has 92 heavy (non-hydrogen) atoms. The third-order valence-electron chi connectivity index (χ3n) is 17.2. The predicted octanol–water partition coefficient (Wildman–Crippen LogP) is 6.48. The zero-order valence-electron chi connectivity index (χ0n) is 60.1. The number of aliphatic imine (C=N–C) groups is 1. The second-order valence-electron chi connectivity index (χ2n) is 27.8. The van der Waals surface area contributed by atoms with Crippen molar-refractivity contribution in [2.45, 2.75) is 229 Å². The second kappa shape index (κ2) is 38.1. The van der Waals surface area contributed by atoms with Crippen LogP contribution in [0, 0.1) is 41.4 Å². The number of carbonyl (C=O) groups is 10. The van der Waals surface area contributed by atoms with Gasteiger partial charge in [-0.05, 0) is 106 Å². The summed E-state index contributed by atoms with van der Waals surface area (Å²) in [6.45, 7) is 30.3. The molecule has 12 atom stereocenters. The highest BCUT2D eigenvalue weighted by molar-refractivity contribution is 8.13. The van der Waals surface area contributed by atoms with E-state index in [1.165, 1.54) is 97.3 Å². The molecule has 0 bridgehead atoms. The number of aliphatic hydroxyl groups is 1. The molecule has 0 radical (unpaired) electrons. The smallest absolute Gasteiger partial charge is 0.248 e. The minimum Gasteiger partial charge on any atom is -0.390 e. The Morgan fingerprint density at radius 3 is 1.49 bits per heavy atom. The van der Waals surface area contributed by atoms with Crippen molar-refractivity contribution in [3.63, 3.8) is 0 Å². The van der Waals surface area contributed by atoms with Crippen molar-refractivity contribution in [1.29, 1.82) is 0 Å². The standard InChI is InChI=1S/C69H117N11O11S/c1-25-27-31-46(15)59(82)58-62(85)72-50(26-2)65(87)74(18)38-55(81)75(19)52(35-41(5)6)63(92-39-49-32-29-28-30-33-49)73-56(44(11)12)68(90)76(20)51(34-40(3)4)61(84)70-47(16)60(83)71-48(17)64(86)77(21)53(36-42(7)8)66(88)78(22)54(37-43(9)10)67(89)79(23)57(45(13)14)69(91)80(58)24/h25,27-30,32-33,40-48,50-54,56-59,82H,26,31,34-39H2,1-24H3,(H,70,84)(H,71,83)(H,72,85)/b27-25+,73-63?/t46-,47+,48-,50+,51+,52+,53+,54+,56+,57+,58+,59-/m1/s1. The summed E-state index contributed by atoms with van der Waals surface area (Å²) in [5.74, 6) is -7.80. The fourth-order valence-electron chi connectivity index (χ4n) is 11.5. The first kappa shape index (κ1) is 81.7. The van der Waals surface area contributed by atoms with Crippen molar-refractivity contribution in [3.8, 4) is 0 Å². The van der Waals surface area contributed by atoms with E-state index in [0.717, 1.165) is 10.5 Å². The van der Waals surface area contributed by atoms with Gasteiger partial charge in [-0.2, -0.15) is 0 Å². The molecule has 0 saturated heterocycles. The lowest BCUT2D eigenvalue weighted by atomic mass is 9.91. The lowest BCUT2D eigenvalue weighted by molar-refractivity contribution is -0.157. The summed E-state index contributed by atoms with van der Waals surface area (Å²) >= 11 is 1.38. The number of allylic oxidation sites excluding steroid dienone is 2. The predicted molar refractivity (Wildman–Crippen MR) is 365 cm³/mol. The number of rotatable bonds is 17. The van der Waals surface area contributed by atoms with Crippen molar-refractivity contribution in [1.82, 2.24) is 50.2 Å². The van der Waals surface area contributed by atoms with E-state index >= 15 is 19.2 Å². The number of carbonyl (C=O) groups excluding carboxylic acids is 10. The van der Waals surface area contributed by atoms with Crippen LogP contribution in [0.4, 0.5) is 0 Å². The van der Waals surface area contributed by atoms with E-state index in [1.54, 1.807) is 40.8 Å². The molecule has 0 fully saturated rings. The highest BCUT2D eigenvalue weighted by Crippen LogP contribution is 2.29. The van der Waals surface area contributed by atoms with Crippen LogP contribution >= 0.6 is 11.8 Å². The lowest BCUT2D eigenvalue weighted by Gasteiger charge is -2.41. The minimum atomic E-state index is -1.59. The number of benzene rings is 1.